The predicted octanol–water partition coefficient (Wildman–Crippen LogP) is 8.32. The van der Waals surface area contributed by atoms with Gasteiger partial charge in [-0.25, -0.2) is 0 Å². The lowest BCUT2D eigenvalue weighted by Crippen LogP contribution is -2.20. The Labute approximate surface area is 192 Å². The van der Waals surface area contributed by atoms with Crippen LogP contribution in [0.25, 0.3) is 27.4 Å². The first-order valence-corrected chi connectivity index (χ1v) is 11.9. The molecule has 1 atom stereocenters. The van der Waals surface area contributed by atoms with Gasteiger partial charge in [-0.05, 0) is 68.9 Å². The van der Waals surface area contributed by atoms with E-state index in [0.29, 0.717) is 0 Å². The van der Waals surface area contributed by atoms with E-state index in [1.54, 1.807) is 0 Å². The molecule has 164 valence electrons. The lowest BCUT2D eigenvalue weighted by atomic mass is 9.76. The minimum Gasteiger partial charge on any atom is -0.251 e. The number of hydrogen-bond acceptors (Lipinski definition) is 2. The number of pyridine rings is 2. The highest BCUT2D eigenvalue weighted by Crippen LogP contribution is 2.39. The first-order valence-electron chi connectivity index (χ1n) is 11.9. The molecule has 0 saturated carbocycles. The maximum absolute atomic E-state index is 5.02. The molecule has 2 nitrogen and oxygen atoms in total. The van der Waals surface area contributed by atoms with Crippen LogP contribution in [0, 0.1) is 13.8 Å². The molecule has 2 aromatic heterocycles. The average molecular weight is 423 g/mol. The molecule has 2 heterocycles. The molecule has 4 rings (SSSR count). The Hall–Kier alpha value is -3.00. The van der Waals surface area contributed by atoms with E-state index >= 15 is 0 Å². The molecule has 1 aliphatic carbocycles. The van der Waals surface area contributed by atoms with Crippen molar-refractivity contribution in [2.45, 2.75) is 65.7 Å². The number of rotatable bonds is 6. The van der Waals surface area contributed by atoms with Crippen molar-refractivity contribution in [2.24, 2.45) is 0 Å². The molecule has 0 amide bonds. The molecule has 0 radical (unpaired) electrons. The second-order valence-electron chi connectivity index (χ2n) is 9.17. The van der Waals surface area contributed by atoms with E-state index in [1.807, 2.05) is 0 Å². The zero-order valence-corrected chi connectivity index (χ0v) is 20.1. The molecule has 32 heavy (non-hydrogen) atoms. The minimum absolute atomic E-state index is 0.0603. The highest BCUT2D eigenvalue weighted by atomic mass is 14.8. The SMILES string of the molecule is C/C=C\C=C/C(C)(CCC)c1cc(C)nc2c1ccc1c(C3=CCCC=C3)cc(C)nc12. The standard InChI is InChI=1S/C30H34N2/c1-6-8-12-18-30(5,17-7-2)27-20-22(4)32-29-25(27)16-15-24-26(19-21(3)31-28(24)29)23-13-10-9-11-14-23/h6,8,10,12-16,18-20H,7,9,11,17H2,1-5H3/b8-6-,18-12-. The molecule has 0 bridgehead atoms. The molecule has 2 heteroatoms. The lowest BCUT2D eigenvalue weighted by molar-refractivity contribution is 0.534. The van der Waals surface area contributed by atoms with Gasteiger partial charge < -0.3 is 0 Å². The van der Waals surface area contributed by atoms with Crippen molar-refractivity contribution in [3.63, 3.8) is 0 Å². The van der Waals surface area contributed by atoms with Gasteiger partial charge in [0.1, 0.15) is 0 Å². The Morgan fingerprint density at radius 3 is 2.38 bits per heavy atom. The van der Waals surface area contributed by atoms with Gasteiger partial charge >= 0.3 is 0 Å². The number of aryl methyl sites for hydroxylation is 2. The van der Waals surface area contributed by atoms with Gasteiger partial charge in [0.25, 0.3) is 0 Å². The maximum Gasteiger partial charge on any atom is 0.0974 e. The Balaban J connectivity index is 2.02. The number of fused-ring (bicyclic) bond motifs is 3. The fourth-order valence-electron chi connectivity index (χ4n) is 4.96. The first-order chi connectivity index (χ1) is 15.5. The number of benzene rings is 1. The summed E-state index contributed by atoms with van der Waals surface area (Å²) < 4.78 is 0. The van der Waals surface area contributed by atoms with Crippen molar-refractivity contribution in [1.82, 2.24) is 9.97 Å². The molecular formula is C30H34N2. The predicted molar refractivity (Wildman–Crippen MR) is 139 cm³/mol. The van der Waals surface area contributed by atoms with Gasteiger partial charge in [-0.2, -0.15) is 0 Å². The summed E-state index contributed by atoms with van der Waals surface area (Å²) in [5.41, 5.74) is 7.95. The molecular weight excluding hydrogens is 388 g/mol. The number of allylic oxidation sites excluding steroid dienone is 8. The molecule has 1 aliphatic rings. The summed E-state index contributed by atoms with van der Waals surface area (Å²) >= 11 is 0. The zero-order chi connectivity index (χ0) is 22.7. The number of nitrogens with zero attached hydrogens (tertiary/aromatic N) is 2. The summed E-state index contributed by atoms with van der Waals surface area (Å²) in [6.45, 7) is 10.9. The highest BCUT2D eigenvalue weighted by molar-refractivity contribution is 6.08. The monoisotopic (exact) mass is 422 g/mol. The third-order valence-electron chi connectivity index (χ3n) is 6.47. The van der Waals surface area contributed by atoms with Gasteiger partial charge in [0.15, 0.2) is 0 Å². The van der Waals surface area contributed by atoms with E-state index in [2.05, 4.69) is 101 Å². The molecule has 0 aliphatic heterocycles. The van der Waals surface area contributed by atoms with E-state index in [-0.39, 0.29) is 5.41 Å². The molecule has 0 fully saturated rings. The summed E-state index contributed by atoms with van der Waals surface area (Å²) in [6, 6.07) is 9.01. The van der Waals surface area contributed by atoms with Crippen molar-refractivity contribution in [2.75, 3.05) is 0 Å². The molecule has 0 spiro atoms. The van der Waals surface area contributed by atoms with Crippen molar-refractivity contribution >= 4 is 27.4 Å². The van der Waals surface area contributed by atoms with Gasteiger partial charge in [-0.1, -0.05) is 74.9 Å². The van der Waals surface area contributed by atoms with Crippen molar-refractivity contribution in [3.05, 3.63) is 89.3 Å². The molecule has 0 N–H and O–H groups in total. The van der Waals surface area contributed by atoms with Crippen LogP contribution in [0.1, 0.15) is 69.0 Å². The normalized spacial score (nSPS) is 16.3. The molecule has 0 saturated heterocycles. The zero-order valence-electron chi connectivity index (χ0n) is 20.1. The fraction of sp³-hybridized carbons (Fsp3) is 0.333. The maximum atomic E-state index is 5.02. The van der Waals surface area contributed by atoms with E-state index < -0.39 is 0 Å². The highest BCUT2D eigenvalue weighted by Gasteiger charge is 2.26. The van der Waals surface area contributed by atoms with Crippen LogP contribution in [-0.2, 0) is 5.41 Å². The molecule has 1 unspecified atom stereocenters. The Morgan fingerprint density at radius 2 is 1.69 bits per heavy atom. The quantitative estimate of drug-likeness (QED) is 0.295. The third kappa shape index (κ3) is 4.19. The van der Waals surface area contributed by atoms with Crippen molar-refractivity contribution < 1.29 is 0 Å². The van der Waals surface area contributed by atoms with Gasteiger partial charge in [0.05, 0.1) is 11.0 Å². The summed E-state index contributed by atoms with van der Waals surface area (Å²) in [5.74, 6) is 0. The van der Waals surface area contributed by atoms with Crippen LogP contribution in [-0.4, -0.2) is 9.97 Å². The summed E-state index contributed by atoms with van der Waals surface area (Å²) in [6.07, 6.45) is 20.0. The van der Waals surface area contributed by atoms with Crippen LogP contribution in [0.15, 0.2) is 66.8 Å². The third-order valence-corrected chi connectivity index (χ3v) is 6.47. The topological polar surface area (TPSA) is 25.8 Å². The van der Waals surface area contributed by atoms with Crippen LogP contribution < -0.4 is 0 Å². The number of aromatic nitrogens is 2. The second kappa shape index (κ2) is 9.24. The van der Waals surface area contributed by atoms with Crippen LogP contribution >= 0.6 is 0 Å². The largest absolute Gasteiger partial charge is 0.251 e. The van der Waals surface area contributed by atoms with E-state index in [4.69, 9.17) is 9.97 Å². The van der Waals surface area contributed by atoms with Crippen LogP contribution in [0.3, 0.4) is 0 Å². The van der Waals surface area contributed by atoms with E-state index in [0.717, 1.165) is 48.1 Å². The number of hydrogen-bond donors (Lipinski definition) is 0. The van der Waals surface area contributed by atoms with Crippen molar-refractivity contribution in [3.8, 4) is 0 Å². The van der Waals surface area contributed by atoms with Crippen LogP contribution in [0.4, 0.5) is 0 Å². The van der Waals surface area contributed by atoms with E-state index in [1.165, 1.54) is 27.5 Å². The van der Waals surface area contributed by atoms with Gasteiger partial charge in [0, 0.05) is 27.6 Å². The lowest BCUT2D eigenvalue weighted by Gasteiger charge is -2.28. The molecule has 3 aromatic rings. The van der Waals surface area contributed by atoms with Crippen molar-refractivity contribution in [1.29, 1.82) is 0 Å². The Kier molecular flexibility index (Phi) is 6.41. The van der Waals surface area contributed by atoms with Gasteiger partial charge in [-0.3, -0.25) is 9.97 Å². The van der Waals surface area contributed by atoms with Crippen LogP contribution in [0.5, 0.6) is 0 Å². The van der Waals surface area contributed by atoms with Gasteiger partial charge in [0.2, 0.25) is 0 Å². The van der Waals surface area contributed by atoms with Crippen LogP contribution in [0.2, 0.25) is 0 Å². The second-order valence-corrected chi connectivity index (χ2v) is 9.17. The first kappa shape index (κ1) is 22.2. The summed E-state index contributed by atoms with van der Waals surface area (Å²) in [5, 5.41) is 2.40. The van der Waals surface area contributed by atoms with Gasteiger partial charge in [-0.15, -0.1) is 0 Å². The Bertz CT molecular complexity index is 1270. The average Bonchev–Trinajstić information content (AvgIpc) is 2.79. The minimum atomic E-state index is -0.0603. The Morgan fingerprint density at radius 1 is 0.969 bits per heavy atom. The molecule has 1 aromatic carbocycles. The summed E-state index contributed by atoms with van der Waals surface area (Å²) in [7, 11) is 0. The fourth-order valence-corrected chi connectivity index (χ4v) is 4.96. The smallest absolute Gasteiger partial charge is 0.0974 e. The van der Waals surface area contributed by atoms with E-state index in [9.17, 15) is 0 Å². The summed E-state index contributed by atoms with van der Waals surface area (Å²) in [4.78, 5) is 10.0.